The number of pyridine rings is 1. The van der Waals surface area contributed by atoms with Gasteiger partial charge in [0.2, 0.25) is 5.91 Å². The summed E-state index contributed by atoms with van der Waals surface area (Å²) in [6, 6.07) is 18.6. The number of anilines is 1. The van der Waals surface area contributed by atoms with Gasteiger partial charge in [-0.05, 0) is 55.3 Å². The van der Waals surface area contributed by atoms with Crippen LogP contribution in [0.4, 0.5) is 10.1 Å². The summed E-state index contributed by atoms with van der Waals surface area (Å²) in [5, 5.41) is 2.81. The third kappa shape index (κ3) is 5.47. The first kappa shape index (κ1) is 23.8. The first-order valence-electron chi connectivity index (χ1n) is 12.2. The number of hydrogen-bond acceptors (Lipinski definition) is 5. The number of rotatable bonds is 6. The van der Waals surface area contributed by atoms with E-state index in [1.54, 1.807) is 30.7 Å². The Morgan fingerprint density at radius 3 is 2.64 bits per heavy atom. The molecule has 0 spiro atoms. The molecule has 36 heavy (non-hydrogen) atoms. The van der Waals surface area contributed by atoms with E-state index in [1.807, 2.05) is 42.5 Å². The van der Waals surface area contributed by atoms with E-state index in [9.17, 15) is 9.18 Å². The van der Waals surface area contributed by atoms with Crippen molar-refractivity contribution >= 4 is 11.6 Å². The first-order chi connectivity index (χ1) is 17.6. The highest BCUT2D eigenvalue weighted by molar-refractivity contribution is 5.88. The van der Waals surface area contributed by atoms with Crippen LogP contribution in [0, 0.1) is 5.82 Å². The van der Waals surface area contributed by atoms with Gasteiger partial charge in [0.05, 0.1) is 5.69 Å². The van der Waals surface area contributed by atoms with E-state index in [0.29, 0.717) is 11.4 Å². The standard InChI is InChI=1S/C29H28FN5O/c1-20(36)33-24-12-10-21(11-13-24)18-35-15-5-7-23(19-35)28-26(25-8-2-3-9-27(25)30)17-32-29(34-28)22-6-4-14-31-16-22/h2-4,6,8-14,16-17,23H,5,7,15,18-19H2,1H3,(H,33,36). The van der Waals surface area contributed by atoms with E-state index < -0.39 is 0 Å². The fourth-order valence-electron chi connectivity index (χ4n) is 4.80. The molecule has 1 aliphatic rings. The highest BCUT2D eigenvalue weighted by Crippen LogP contribution is 2.35. The third-order valence-electron chi connectivity index (χ3n) is 6.47. The summed E-state index contributed by atoms with van der Waals surface area (Å²) in [5.74, 6) is 0.389. The Balaban J connectivity index is 1.43. The number of hydrogen-bond donors (Lipinski definition) is 1. The summed E-state index contributed by atoms with van der Waals surface area (Å²) in [5.41, 5.74) is 4.95. The SMILES string of the molecule is CC(=O)Nc1ccc(CN2CCCC(c3nc(-c4cccnc4)ncc3-c3ccccc3F)C2)cc1. The van der Waals surface area contributed by atoms with Crippen LogP contribution in [-0.2, 0) is 11.3 Å². The Morgan fingerprint density at radius 1 is 1.06 bits per heavy atom. The van der Waals surface area contributed by atoms with Crippen LogP contribution in [0.2, 0.25) is 0 Å². The zero-order valence-electron chi connectivity index (χ0n) is 20.2. The normalized spacial score (nSPS) is 16.0. The van der Waals surface area contributed by atoms with Crippen molar-refractivity contribution in [2.24, 2.45) is 0 Å². The molecule has 1 unspecified atom stereocenters. The molecule has 182 valence electrons. The van der Waals surface area contributed by atoms with Gasteiger partial charge in [0.1, 0.15) is 5.82 Å². The van der Waals surface area contributed by atoms with Crippen molar-refractivity contribution in [1.29, 1.82) is 0 Å². The maximum absolute atomic E-state index is 14.8. The highest BCUT2D eigenvalue weighted by atomic mass is 19.1. The third-order valence-corrected chi connectivity index (χ3v) is 6.47. The van der Waals surface area contributed by atoms with Crippen LogP contribution in [0.5, 0.6) is 0 Å². The fourth-order valence-corrected chi connectivity index (χ4v) is 4.80. The van der Waals surface area contributed by atoms with E-state index in [1.165, 1.54) is 18.6 Å². The van der Waals surface area contributed by atoms with Crippen LogP contribution < -0.4 is 5.32 Å². The van der Waals surface area contributed by atoms with E-state index in [4.69, 9.17) is 4.98 Å². The molecule has 1 saturated heterocycles. The molecule has 0 bridgehead atoms. The molecule has 1 atom stereocenters. The lowest BCUT2D eigenvalue weighted by Crippen LogP contribution is -2.34. The van der Waals surface area contributed by atoms with Crippen LogP contribution in [0.1, 0.15) is 36.9 Å². The van der Waals surface area contributed by atoms with Crippen LogP contribution in [-0.4, -0.2) is 38.8 Å². The molecule has 3 heterocycles. The van der Waals surface area contributed by atoms with Gasteiger partial charge in [-0.2, -0.15) is 0 Å². The van der Waals surface area contributed by atoms with Gasteiger partial charge in [0.25, 0.3) is 0 Å². The number of piperidine rings is 1. The van der Waals surface area contributed by atoms with E-state index in [2.05, 4.69) is 20.2 Å². The second-order valence-corrected chi connectivity index (χ2v) is 9.17. The van der Waals surface area contributed by atoms with Crippen molar-refractivity contribution in [1.82, 2.24) is 19.9 Å². The molecule has 0 aliphatic carbocycles. The predicted octanol–water partition coefficient (Wildman–Crippen LogP) is 5.68. The lowest BCUT2D eigenvalue weighted by Gasteiger charge is -2.33. The van der Waals surface area contributed by atoms with Gasteiger partial charge < -0.3 is 5.32 Å². The smallest absolute Gasteiger partial charge is 0.221 e. The molecular weight excluding hydrogens is 453 g/mol. The first-order valence-corrected chi connectivity index (χ1v) is 12.2. The monoisotopic (exact) mass is 481 g/mol. The second kappa shape index (κ2) is 10.7. The van der Waals surface area contributed by atoms with Gasteiger partial charge in [-0.15, -0.1) is 0 Å². The average Bonchev–Trinajstić information content (AvgIpc) is 2.90. The maximum Gasteiger partial charge on any atom is 0.221 e. The number of amides is 1. The molecule has 1 fully saturated rings. The number of nitrogens with zero attached hydrogens (tertiary/aromatic N) is 4. The highest BCUT2D eigenvalue weighted by Gasteiger charge is 2.27. The van der Waals surface area contributed by atoms with Gasteiger partial charge in [-0.3, -0.25) is 14.7 Å². The minimum absolute atomic E-state index is 0.0808. The van der Waals surface area contributed by atoms with Crippen LogP contribution in [0.25, 0.3) is 22.5 Å². The van der Waals surface area contributed by atoms with Gasteiger partial charge >= 0.3 is 0 Å². The number of aromatic nitrogens is 3. The molecule has 7 heteroatoms. The fraction of sp³-hybridized carbons (Fsp3) is 0.241. The molecule has 1 aliphatic heterocycles. The van der Waals surface area contributed by atoms with Crippen molar-refractivity contribution in [3.05, 3.63) is 96.3 Å². The lowest BCUT2D eigenvalue weighted by molar-refractivity contribution is -0.114. The van der Waals surface area contributed by atoms with Gasteiger partial charge in [0, 0.05) is 66.9 Å². The maximum atomic E-state index is 14.8. The zero-order chi connectivity index (χ0) is 24.9. The Hall–Kier alpha value is -3.97. The van der Waals surface area contributed by atoms with Crippen molar-refractivity contribution in [3.63, 3.8) is 0 Å². The van der Waals surface area contributed by atoms with E-state index in [0.717, 1.165) is 55.0 Å². The summed E-state index contributed by atoms with van der Waals surface area (Å²) in [6.45, 7) is 4.11. The number of carbonyl (C=O) groups excluding carboxylic acids is 1. The molecule has 1 amide bonds. The molecule has 4 aromatic rings. The quantitative estimate of drug-likeness (QED) is 0.384. The molecule has 2 aromatic carbocycles. The second-order valence-electron chi connectivity index (χ2n) is 9.17. The van der Waals surface area contributed by atoms with Crippen molar-refractivity contribution in [3.8, 4) is 22.5 Å². The minimum Gasteiger partial charge on any atom is -0.326 e. The van der Waals surface area contributed by atoms with Crippen molar-refractivity contribution in [2.45, 2.75) is 32.2 Å². The number of likely N-dealkylation sites (tertiary alicyclic amines) is 1. The Labute approximate surface area is 210 Å². The molecular formula is C29H28FN5O. The number of carbonyl (C=O) groups is 1. The van der Waals surface area contributed by atoms with Gasteiger partial charge in [0.15, 0.2) is 5.82 Å². The summed E-state index contributed by atoms with van der Waals surface area (Å²) < 4.78 is 14.8. The minimum atomic E-state index is -0.275. The van der Waals surface area contributed by atoms with E-state index in [-0.39, 0.29) is 17.6 Å². The van der Waals surface area contributed by atoms with Gasteiger partial charge in [-0.25, -0.2) is 14.4 Å². The van der Waals surface area contributed by atoms with Crippen molar-refractivity contribution in [2.75, 3.05) is 18.4 Å². The van der Waals surface area contributed by atoms with Crippen LogP contribution in [0.3, 0.4) is 0 Å². The topological polar surface area (TPSA) is 71.0 Å². The Morgan fingerprint density at radius 2 is 1.89 bits per heavy atom. The lowest BCUT2D eigenvalue weighted by atomic mass is 9.89. The molecule has 0 radical (unpaired) electrons. The number of halogens is 1. The van der Waals surface area contributed by atoms with Crippen LogP contribution in [0.15, 0.2) is 79.3 Å². The Bertz CT molecular complexity index is 1340. The summed E-state index contributed by atoms with van der Waals surface area (Å²) in [7, 11) is 0. The summed E-state index contributed by atoms with van der Waals surface area (Å²) >= 11 is 0. The molecule has 1 N–H and O–H groups in total. The van der Waals surface area contributed by atoms with Crippen molar-refractivity contribution < 1.29 is 9.18 Å². The van der Waals surface area contributed by atoms with E-state index >= 15 is 0 Å². The predicted molar refractivity (Wildman–Crippen MR) is 139 cm³/mol. The van der Waals surface area contributed by atoms with Crippen LogP contribution >= 0.6 is 0 Å². The number of nitrogens with one attached hydrogen (secondary N) is 1. The summed E-state index contributed by atoms with van der Waals surface area (Å²) in [4.78, 5) is 27.5. The zero-order valence-corrected chi connectivity index (χ0v) is 20.2. The molecule has 6 nitrogen and oxygen atoms in total. The molecule has 2 aromatic heterocycles. The average molecular weight is 482 g/mol. The molecule has 5 rings (SSSR count). The summed E-state index contributed by atoms with van der Waals surface area (Å²) in [6.07, 6.45) is 7.23. The van der Waals surface area contributed by atoms with Gasteiger partial charge in [-0.1, -0.05) is 30.3 Å². The molecule has 0 saturated carbocycles. The Kier molecular flexibility index (Phi) is 7.09. The largest absolute Gasteiger partial charge is 0.326 e. The number of benzene rings is 2.